The molecule has 2 aromatic heterocycles. The smallest absolute Gasteiger partial charge is 0.317 e. The molecule has 8 heteroatoms. The molecule has 3 aromatic rings. The second-order valence-electron chi connectivity index (χ2n) is 6.80. The van der Waals surface area contributed by atoms with Crippen LogP contribution in [0.15, 0.2) is 24.3 Å². The first-order valence-electron chi connectivity index (χ1n) is 8.90. The molecule has 2 N–H and O–H groups in total. The van der Waals surface area contributed by atoms with Crippen LogP contribution in [-0.2, 0) is 4.79 Å². The maximum absolute atomic E-state index is 11.0. The number of benzene rings is 1. The highest BCUT2D eigenvalue weighted by Gasteiger charge is 2.34. The second kappa shape index (κ2) is 6.53. The molecule has 1 saturated carbocycles. The molecule has 0 spiro atoms. The number of nitrogens with zero attached hydrogens (tertiary/aromatic N) is 5. The zero-order valence-corrected chi connectivity index (χ0v) is 14.9. The van der Waals surface area contributed by atoms with Crippen LogP contribution in [0.5, 0.6) is 0 Å². The molecule has 0 unspecified atom stereocenters. The van der Waals surface area contributed by atoms with Crippen LogP contribution in [0.25, 0.3) is 16.4 Å². The number of likely N-dealkylation sites (N-methyl/N-ethyl adjacent to an activating group) is 1. The Balaban J connectivity index is 1.56. The van der Waals surface area contributed by atoms with Gasteiger partial charge in [-0.15, -0.1) is 15.3 Å². The highest BCUT2D eigenvalue weighted by molar-refractivity contribution is 5.99. The lowest BCUT2D eigenvalue weighted by Gasteiger charge is -2.42. The van der Waals surface area contributed by atoms with E-state index >= 15 is 0 Å². The number of anilines is 1. The predicted octanol–water partition coefficient (Wildman–Crippen LogP) is 1.94. The number of carboxylic acid groups (broad SMARTS) is 1. The molecule has 0 amide bonds. The average molecular weight is 354 g/mol. The minimum atomic E-state index is -0.774. The number of rotatable bonds is 6. The number of carbonyl (C=O) groups is 1. The fourth-order valence-corrected chi connectivity index (χ4v) is 3.66. The number of fused-ring (bicyclic) bond motifs is 3. The Labute approximate surface area is 150 Å². The van der Waals surface area contributed by atoms with Crippen LogP contribution in [-0.4, -0.2) is 61.0 Å². The summed E-state index contributed by atoms with van der Waals surface area (Å²) in [5.74, 6) is 0.795. The minimum Gasteiger partial charge on any atom is -0.480 e. The van der Waals surface area contributed by atoms with Crippen molar-refractivity contribution in [2.45, 2.75) is 38.8 Å². The summed E-state index contributed by atoms with van der Waals surface area (Å²) in [5.41, 5.74) is 0.758. The minimum absolute atomic E-state index is 0.0981. The molecule has 0 atom stereocenters. The van der Waals surface area contributed by atoms with Crippen molar-refractivity contribution in [3.05, 3.63) is 30.1 Å². The van der Waals surface area contributed by atoms with Crippen LogP contribution < -0.4 is 5.32 Å². The van der Waals surface area contributed by atoms with Crippen LogP contribution in [0, 0.1) is 6.92 Å². The van der Waals surface area contributed by atoms with Crippen molar-refractivity contribution in [2.75, 3.05) is 18.4 Å². The number of aromatic nitrogens is 4. The summed E-state index contributed by atoms with van der Waals surface area (Å²) in [6.07, 6.45) is 1.83. The van der Waals surface area contributed by atoms with Crippen LogP contribution in [0.3, 0.4) is 0 Å². The Kier molecular flexibility index (Phi) is 4.20. The molecule has 8 nitrogen and oxygen atoms in total. The lowest BCUT2D eigenvalue weighted by atomic mass is 9.85. The summed E-state index contributed by atoms with van der Waals surface area (Å²) in [6.45, 7) is 4.73. The van der Waals surface area contributed by atoms with Gasteiger partial charge in [0.1, 0.15) is 0 Å². The number of hydrogen-bond donors (Lipinski definition) is 2. The summed E-state index contributed by atoms with van der Waals surface area (Å²) >= 11 is 0. The Morgan fingerprint density at radius 2 is 2.04 bits per heavy atom. The summed E-state index contributed by atoms with van der Waals surface area (Å²) in [5, 5.41) is 27.7. The second-order valence-corrected chi connectivity index (χ2v) is 6.80. The van der Waals surface area contributed by atoms with Gasteiger partial charge in [-0.25, -0.2) is 0 Å². The van der Waals surface area contributed by atoms with Gasteiger partial charge in [0.15, 0.2) is 17.3 Å². The molecular weight excluding hydrogens is 332 g/mol. The summed E-state index contributed by atoms with van der Waals surface area (Å²) in [7, 11) is 0. The van der Waals surface area contributed by atoms with Crippen molar-refractivity contribution in [3.63, 3.8) is 0 Å². The zero-order valence-electron chi connectivity index (χ0n) is 14.9. The molecule has 0 aliphatic heterocycles. The molecule has 1 fully saturated rings. The van der Waals surface area contributed by atoms with Crippen molar-refractivity contribution < 1.29 is 9.90 Å². The van der Waals surface area contributed by atoms with Crippen molar-refractivity contribution in [2.24, 2.45) is 0 Å². The Hall–Kier alpha value is -2.74. The van der Waals surface area contributed by atoms with E-state index in [0.717, 1.165) is 47.4 Å². The van der Waals surface area contributed by atoms with Crippen LogP contribution in [0.1, 0.15) is 25.6 Å². The van der Waals surface area contributed by atoms with E-state index in [1.165, 1.54) is 0 Å². The molecule has 4 rings (SSSR count). The lowest BCUT2D eigenvalue weighted by Crippen LogP contribution is -2.51. The Morgan fingerprint density at radius 1 is 1.31 bits per heavy atom. The van der Waals surface area contributed by atoms with Crippen LogP contribution in [0.2, 0.25) is 0 Å². The first kappa shape index (κ1) is 16.7. The molecule has 0 radical (unpaired) electrons. The van der Waals surface area contributed by atoms with Gasteiger partial charge in [-0.05, 0) is 26.3 Å². The van der Waals surface area contributed by atoms with Crippen LogP contribution in [0.4, 0.5) is 5.82 Å². The first-order valence-corrected chi connectivity index (χ1v) is 8.90. The maximum atomic E-state index is 11.0. The molecule has 26 heavy (non-hydrogen) atoms. The molecule has 1 aliphatic carbocycles. The van der Waals surface area contributed by atoms with Gasteiger partial charge in [0.2, 0.25) is 0 Å². The van der Waals surface area contributed by atoms with E-state index in [9.17, 15) is 4.79 Å². The van der Waals surface area contributed by atoms with E-state index < -0.39 is 5.97 Å². The lowest BCUT2D eigenvalue weighted by molar-refractivity contribution is -0.139. The van der Waals surface area contributed by atoms with Crippen LogP contribution >= 0.6 is 0 Å². The van der Waals surface area contributed by atoms with Crippen molar-refractivity contribution >= 4 is 28.2 Å². The summed E-state index contributed by atoms with van der Waals surface area (Å²) < 4.78 is 1.77. The SMILES string of the molecule is CCN(CC(=O)O)C1CC(Nc2nn3c(C)nnc3c3ccccc23)C1. The number of carboxylic acids is 1. The fourth-order valence-electron chi connectivity index (χ4n) is 3.66. The van der Waals surface area contributed by atoms with E-state index in [0.29, 0.717) is 6.04 Å². The number of hydrogen-bond acceptors (Lipinski definition) is 6. The van der Waals surface area contributed by atoms with E-state index in [-0.39, 0.29) is 12.6 Å². The third-order valence-electron chi connectivity index (χ3n) is 5.13. The predicted molar refractivity (Wildman–Crippen MR) is 98.3 cm³/mol. The largest absolute Gasteiger partial charge is 0.480 e. The molecule has 2 heterocycles. The third kappa shape index (κ3) is 2.86. The first-order chi connectivity index (χ1) is 12.6. The zero-order chi connectivity index (χ0) is 18.3. The van der Waals surface area contributed by atoms with E-state index in [1.807, 2.05) is 43.0 Å². The standard InChI is InChI=1S/C18H22N6O2/c1-3-23(10-16(25)26)13-8-12(9-13)19-17-14-6-4-5-7-15(14)18-21-20-11(2)24(18)22-17/h4-7,12-13H,3,8-10H2,1-2H3,(H,19,22)(H,25,26). The van der Waals surface area contributed by atoms with Crippen molar-refractivity contribution in [1.82, 2.24) is 24.7 Å². The maximum Gasteiger partial charge on any atom is 0.317 e. The normalized spacial score (nSPS) is 19.8. The average Bonchev–Trinajstić information content (AvgIpc) is 2.97. The quantitative estimate of drug-likeness (QED) is 0.698. The van der Waals surface area contributed by atoms with E-state index in [1.54, 1.807) is 4.52 Å². The molecule has 136 valence electrons. The monoisotopic (exact) mass is 354 g/mol. The van der Waals surface area contributed by atoms with Gasteiger partial charge >= 0.3 is 5.97 Å². The molecular formula is C18H22N6O2. The van der Waals surface area contributed by atoms with Crippen molar-refractivity contribution in [1.29, 1.82) is 0 Å². The van der Waals surface area contributed by atoms with E-state index in [2.05, 4.69) is 15.5 Å². The third-order valence-corrected chi connectivity index (χ3v) is 5.13. The van der Waals surface area contributed by atoms with Gasteiger partial charge in [0.05, 0.1) is 6.54 Å². The number of nitrogens with one attached hydrogen (secondary N) is 1. The van der Waals surface area contributed by atoms with Gasteiger partial charge in [-0.3, -0.25) is 9.69 Å². The van der Waals surface area contributed by atoms with Crippen molar-refractivity contribution in [3.8, 4) is 0 Å². The van der Waals surface area contributed by atoms with E-state index in [4.69, 9.17) is 10.2 Å². The van der Waals surface area contributed by atoms with Gasteiger partial charge in [-0.2, -0.15) is 4.52 Å². The molecule has 0 saturated heterocycles. The number of aryl methyl sites for hydroxylation is 1. The highest BCUT2D eigenvalue weighted by Crippen LogP contribution is 2.31. The Bertz CT molecular complexity index is 963. The van der Waals surface area contributed by atoms with Gasteiger partial charge < -0.3 is 10.4 Å². The molecule has 1 aromatic carbocycles. The summed E-state index contributed by atoms with van der Waals surface area (Å²) in [4.78, 5) is 13.0. The van der Waals surface area contributed by atoms with Gasteiger partial charge in [-0.1, -0.05) is 31.2 Å². The van der Waals surface area contributed by atoms with Gasteiger partial charge in [0, 0.05) is 22.9 Å². The fraction of sp³-hybridized carbons (Fsp3) is 0.444. The van der Waals surface area contributed by atoms with Gasteiger partial charge in [0.25, 0.3) is 0 Å². The highest BCUT2D eigenvalue weighted by atomic mass is 16.4. The molecule has 1 aliphatic rings. The topological polar surface area (TPSA) is 95.7 Å². The number of aliphatic carboxylic acids is 1. The summed E-state index contributed by atoms with van der Waals surface area (Å²) in [6, 6.07) is 8.63. The Morgan fingerprint density at radius 3 is 2.73 bits per heavy atom. The molecule has 0 bridgehead atoms.